The molecule has 0 bridgehead atoms. The molecule has 1 aromatic carbocycles. The first-order chi connectivity index (χ1) is 13.5. The highest BCUT2D eigenvalue weighted by Gasteiger charge is 2.30. The van der Waals surface area contributed by atoms with Crippen molar-refractivity contribution in [1.82, 2.24) is 14.9 Å². The molecule has 28 heavy (non-hydrogen) atoms. The van der Waals surface area contributed by atoms with Gasteiger partial charge in [-0.05, 0) is 42.9 Å². The molecule has 2 heterocycles. The topological polar surface area (TPSA) is 75.4 Å². The molecule has 2 aromatic rings. The summed E-state index contributed by atoms with van der Waals surface area (Å²) in [6, 6.07) is 7.47. The van der Waals surface area contributed by atoms with Crippen LogP contribution in [0.5, 0.6) is 0 Å². The molecule has 1 saturated heterocycles. The predicted octanol–water partition coefficient (Wildman–Crippen LogP) is 2.51. The molecule has 1 aliphatic carbocycles. The Balaban J connectivity index is 1.37. The van der Waals surface area contributed by atoms with E-state index in [4.69, 9.17) is 5.73 Å². The van der Waals surface area contributed by atoms with E-state index in [1.54, 1.807) is 6.33 Å². The Kier molecular flexibility index (Phi) is 5.64. The van der Waals surface area contributed by atoms with E-state index in [2.05, 4.69) is 37.7 Å². The van der Waals surface area contributed by atoms with Gasteiger partial charge in [-0.2, -0.15) is 0 Å². The van der Waals surface area contributed by atoms with Gasteiger partial charge in [-0.15, -0.1) is 0 Å². The highest BCUT2D eigenvalue weighted by atomic mass is 79.9. The van der Waals surface area contributed by atoms with E-state index in [0.29, 0.717) is 25.4 Å². The fourth-order valence-corrected chi connectivity index (χ4v) is 4.47. The van der Waals surface area contributed by atoms with Gasteiger partial charge in [0.25, 0.3) is 0 Å². The molecule has 6 nitrogen and oxygen atoms in total. The van der Waals surface area contributed by atoms with Crippen LogP contribution in [0.3, 0.4) is 0 Å². The first-order valence-corrected chi connectivity index (χ1v) is 10.7. The molecule has 0 spiro atoms. The van der Waals surface area contributed by atoms with Crippen LogP contribution in [0.2, 0.25) is 0 Å². The molecule has 0 saturated carbocycles. The molecule has 148 valence electrons. The van der Waals surface area contributed by atoms with Gasteiger partial charge in [0.15, 0.2) is 0 Å². The van der Waals surface area contributed by atoms with E-state index < -0.39 is 6.04 Å². The van der Waals surface area contributed by atoms with Crippen LogP contribution in [-0.4, -0.2) is 53.0 Å². The average molecular weight is 444 g/mol. The second kappa shape index (κ2) is 8.17. The van der Waals surface area contributed by atoms with Crippen molar-refractivity contribution in [3.8, 4) is 0 Å². The molecule has 2 atom stereocenters. The number of hydrogen-bond donors (Lipinski definition) is 1. The van der Waals surface area contributed by atoms with Crippen LogP contribution in [0.25, 0.3) is 0 Å². The summed E-state index contributed by atoms with van der Waals surface area (Å²) in [6.07, 6.45) is 4.42. The Labute approximate surface area is 174 Å². The largest absolute Gasteiger partial charge is 0.353 e. The number of aryl methyl sites for hydroxylation is 1. The standard InChI is InChI=1S/C21H26BrN5O/c1-14-2-7-18-19(14)20(25-13-24-18)26-8-10-27(11-9-26)21(28)17(23)12-15-3-5-16(22)6-4-15/h3-6,13-14,17H,2,7-12,23H2,1H3/t14-,17?/m1/s1. The zero-order chi connectivity index (χ0) is 19.7. The number of fused-ring (bicyclic) bond motifs is 1. The lowest BCUT2D eigenvalue weighted by atomic mass is 10.0. The van der Waals surface area contributed by atoms with Gasteiger partial charge in [-0.25, -0.2) is 9.97 Å². The minimum Gasteiger partial charge on any atom is -0.353 e. The van der Waals surface area contributed by atoms with Crippen LogP contribution in [-0.2, 0) is 17.6 Å². The number of halogens is 1. The SMILES string of the molecule is C[C@@H]1CCc2ncnc(N3CCN(C(=O)C(N)Cc4ccc(Br)cc4)CC3)c21. The number of benzene rings is 1. The lowest BCUT2D eigenvalue weighted by Crippen LogP contribution is -2.54. The predicted molar refractivity (Wildman–Crippen MR) is 113 cm³/mol. The Morgan fingerprint density at radius 3 is 2.64 bits per heavy atom. The average Bonchev–Trinajstić information content (AvgIpc) is 3.10. The maximum absolute atomic E-state index is 12.8. The second-order valence-corrected chi connectivity index (χ2v) is 8.66. The van der Waals surface area contributed by atoms with Gasteiger partial charge in [0.2, 0.25) is 5.91 Å². The molecular weight excluding hydrogens is 418 g/mol. The number of aromatic nitrogens is 2. The van der Waals surface area contributed by atoms with Gasteiger partial charge in [0, 0.05) is 41.9 Å². The van der Waals surface area contributed by atoms with E-state index >= 15 is 0 Å². The summed E-state index contributed by atoms with van der Waals surface area (Å²) >= 11 is 3.43. The smallest absolute Gasteiger partial charge is 0.239 e. The first-order valence-electron chi connectivity index (χ1n) is 9.90. The summed E-state index contributed by atoms with van der Waals surface area (Å²) in [5.74, 6) is 1.59. The van der Waals surface area contributed by atoms with Crippen molar-refractivity contribution >= 4 is 27.7 Å². The Hall–Kier alpha value is -1.99. The number of amides is 1. The number of anilines is 1. The van der Waals surface area contributed by atoms with Gasteiger partial charge in [0.1, 0.15) is 12.1 Å². The van der Waals surface area contributed by atoms with Crippen LogP contribution in [0.15, 0.2) is 35.1 Å². The number of piperazine rings is 1. The van der Waals surface area contributed by atoms with Gasteiger partial charge in [-0.1, -0.05) is 35.0 Å². The van der Waals surface area contributed by atoms with Gasteiger partial charge in [-0.3, -0.25) is 4.79 Å². The monoisotopic (exact) mass is 443 g/mol. The number of rotatable bonds is 4. The van der Waals surface area contributed by atoms with Crippen molar-refractivity contribution in [1.29, 1.82) is 0 Å². The third-order valence-corrected chi connectivity index (χ3v) is 6.36. The molecule has 2 aliphatic rings. The lowest BCUT2D eigenvalue weighted by molar-refractivity contribution is -0.132. The van der Waals surface area contributed by atoms with Crippen molar-refractivity contribution < 1.29 is 4.79 Å². The molecule has 2 N–H and O–H groups in total. The van der Waals surface area contributed by atoms with Crippen LogP contribution < -0.4 is 10.6 Å². The Morgan fingerprint density at radius 1 is 1.21 bits per heavy atom. The molecule has 1 fully saturated rings. The molecule has 1 unspecified atom stereocenters. The highest BCUT2D eigenvalue weighted by molar-refractivity contribution is 9.10. The van der Waals surface area contributed by atoms with Crippen LogP contribution in [0.4, 0.5) is 5.82 Å². The van der Waals surface area contributed by atoms with E-state index in [9.17, 15) is 4.79 Å². The van der Waals surface area contributed by atoms with Gasteiger partial charge >= 0.3 is 0 Å². The third-order valence-electron chi connectivity index (χ3n) is 5.83. The fraction of sp³-hybridized carbons (Fsp3) is 0.476. The van der Waals surface area contributed by atoms with Gasteiger partial charge in [0.05, 0.1) is 6.04 Å². The normalized spacial score (nSPS) is 20.2. The second-order valence-electron chi connectivity index (χ2n) is 7.75. The van der Waals surface area contributed by atoms with Crippen LogP contribution in [0.1, 0.15) is 36.1 Å². The summed E-state index contributed by atoms with van der Waals surface area (Å²) in [5.41, 5.74) is 9.78. The maximum Gasteiger partial charge on any atom is 0.239 e. The zero-order valence-electron chi connectivity index (χ0n) is 16.1. The number of nitrogens with two attached hydrogens (primary N) is 1. The summed E-state index contributed by atoms with van der Waals surface area (Å²) in [6.45, 7) is 5.18. The fourth-order valence-electron chi connectivity index (χ4n) is 4.21. The summed E-state index contributed by atoms with van der Waals surface area (Å²) in [7, 11) is 0. The number of carbonyl (C=O) groups excluding carboxylic acids is 1. The summed E-state index contributed by atoms with van der Waals surface area (Å²) in [4.78, 5) is 26.0. The lowest BCUT2D eigenvalue weighted by Gasteiger charge is -2.37. The highest BCUT2D eigenvalue weighted by Crippen LogP contribution is 2.37. The van der Waals surface area contributed by atoms with Crippen LogP contribution in [0, 0.1) is 0 Å². The van der Waals surface area contributed by atoms with E-state index in [1.807, 2.05) is 29.2 Å². The van der Waals surface area contributed by atoms with Crippen molar-refractivity contribution in [2.24, 2.45) is 5.73 Å². The molecular formula is C21H26BrN5O. The first kappa shape index (κ1) is 19.3. The number of nitrogens with zero attached hydrogens (tertiary/aromatic N) is 4. The Morgan fingerprint density at radius 2 is 1.93 bits per heavy atom. The number of carbonyl (C=O) groups is 1. The zero-order valence-corrected chi connectivity index (χ0v) is 17.7. The van der Waals surface area contributed by atoms with E-state index in [0.717, 1.165) is 41.8 Å². The maximum atomic E-state index is 12.8. The van der Waals surface area contributed by atoms with Crippen molar-refractivity contribution in [2.45, 2.75) is 38.1 Å². The van der Waals surface area contributed by atoms with Gasteiger partial charge < -0.3 is 15.5 Å². The van der Waals surface area contributed by atoms with Crippen molar-refractivity contribution in [3.63, 3.8) is 0 Å². The van der Waals surface area contributed by atoms with Crippen molar-refractivity contribution in [3.05, 3.63) is 51.9 Å². The van der Waals surface area contributed by atoms with Crippen LogP contribution >= 0.6 is 15.9 Å². The minimum absolute atomic E-state index is 0.0313. The summed E-state index contributed by atoms with van der Waals surface area (Å²) in [5, 5.41) is 0. The molecule has 0 radical (unpaired) electrons. The Bertz CT molecular complexity index is 848. The molecule has 1 amide bonds. The molecule has 7 heteroatoms. The van der Waals surface area contributed by atoms with Crippen molar-refractivity contribution in [2.75, 3.05) is 31.1 Å². The summed E-state index contributed by atoms with van der Waals surface area (Å²) < 4.78 is 1.03. The quantitative estimate of drug-likeness (QED) is 0.785. The molecule has 1 aliphatic heterocycles. The third kappa shape index (κ3) is 3.91. The minimum atomic E-state index is -0.504. The van der Waals surface area contributed by atoms with E-state index in [-0.39, 0.29) is 5.91 Å². The number of hydrogen-bond acceptors (Lipinski definition) is 5. The van der Waals surface area contributed by atoms with E-state index in [1.165, 1.54) is 11.3 Å². The molecule has 1 aromatic heterocycles. The molecule has 4 rings (SSSR count).